The zero-order valence-electron chi connectivity index (χ0n) is 7.92. The Bertz CT molecular complexity index is 175. The first-order valence-electron chi connectivity index (χ1n) is 3.91. The van der Waals surface area contributed by atoms with Crippen LogP contribution in [-0.2, 0) is 4.74 Å². The second kappa shape index (κ2) is 6.67. The molecule has 0 radical (unpaired) electrons. The maximum absolute atomic E-state index is 5.64. The van der Waals surface area contributed by atoms with Gasteiger partial charge in [0.1, 0.15) is 5.82 Å². The van der Waals surface area contributed by atoms with Crippen LogP contribution < -0.4 is 11.1 Å². The molecule has 0 aliphatic rings. The van der Waals surface area contributed by atoms with Crippen molar-refractivity contribution < 1.29 is 4.74 Å². The summed E-state index contributed by atoms with van der Waals surface area (Å²) < 4.78 is 4.95. The Balaban J connectivity index is 4.31. The van der Waals surface area contributed by atoms with Gasteiger partial charge in [0.15, 0.2) is 0 Å². The van der Waals surface area contributed by atoms with Gasteiger partial charge in [-0.25, -0.2) is 0 Å². The highest BCUT2D eigenvalue weighted by Gasteiger charge is 1.97. The van der Waals surface area contributed by atoms with Gasteiger partial charge >= 0.3 is 0 Å². The topological polar surface area (TPSA) is 59.6 Å². The largest absolute Gasteiger partial charge is 0.385 e. The molecule has 0 aromatic heterocycles. The lowest BCUT2D eigenvalue weighted by atomic mass is 10.3. The number of nitrogens with two attached hydrogens (primary N) is 1. The molecule has 4 nitrogen and oxygen atoms in total. The third-order valence-corrected chi connectivity index (χ3v) is 1.34. The second-order valence-corrected chi connectivity index (χ2v) is 2.25. The van der Waals surface area contributed by atoms with Crippen molar-refractivity contribution in [1.82, 2.24) is 5.32 Å². The molecule has 0 atom stereocenters. The summed E-state index contributed by atoms with van der Waals surface area (Å²) in [4.78, 5) is 4.08. The van der Waals surface area contributed by atoms with Crippen LogP contribution in [0.4, 0.5) is 0 Å². The average molecular weight is 171 g/mol. The van der Waals surface area contributed by atoms with Gasteiger partial charge in [-0.2, -0.15) is 0 Å². The second-order valence-electron chi connectivity index (χ2n) is 2.25. The van der Waals surface area contributed by atoms with Crippen molar-refractivity contribution in [1.29, 1.82) is 0 Å². The van der Waals surface area contributed by atoms with Gasteiger partial charge in [0.05, 0.1) is 6.61 Å². The summed E-state index contributed by atoms with van der Waals surface area (Å²) in [5, 5.41) is 2.84. The first-order valence-corrected chi connectivity index (χ1v) is 3.91. The van der Waals surface area contributed by atoms with E-state index in [1.54, 1.807) is 20.4 Å². The number of aliphatic imine (C=N–C) groups is 1. The monoisotopic (exact) mass is 171 g/mol. The minimum atomic E-state index is 0.482. The molecule has 0 amide bonds. The van der Waals surface area contributed by atoms with Crippen LogP contribution in [0.2, 0.25) is 0 Å². The van der Waals surface area contributed by atoms with E-state index in [0.717, 1.165) is 12.1 Å². The number of ether oxygens (including phenoxy) is 1. The van der Waals surface area contributed by atoms with Gasteiger partial charge in [0.25, 0.3) is 0 Å². The number of hydrogen-bond acceptors (Lipinski definition) is 4. The molecule has 0 saturated carbocycles. The Labute approximate surface area is 73.5 Å². The molecule has 0 spiro atoms. The Morgan fingerprint density at radius 3 is 2.75 bits per heavy atom. The summed E-state index contributed by atoms with van der Waals surface area (Å²) in [7, 11) is 3.40. The molecule has 0 unspecified atom stereocenters. The normalized spacial score (nSPS) is 13.2. The van der Waals surface area contributed by atoms with E-state index in [1.165, 1.54) is 0 Å². The van der Waals surface area contributed by atoms with Crippen molar-refractivity contribution in [3.63, 3.8) is 0 Å². The van der Waals surface area contributed by atoms with Crippen LogP contribution in [0.15, 0.2) is 16.4 Å². The van der Waals surface area contributed by atoms with Gasteiger partial charge in [-0.05, 0) is 6.92 Å². The standard InChI is InChI=1S/C8H17N3O/c1-4-11-5-7(6-12-3)8(9)10-2/h5,10H,4,6,9H2,1-3H3/b8-7+,11-5-. The van der Waals surface area contributed by atoms with Gasteiger partial charge in [-0.3, -0.25) is 4.99 Å². The lowest BCUT2D eigenvalue weighted by molar-refractivity contribution is 0.229. The number of rotatable bonds is 5. The molecule has 0 aromatic rings. The molecule has 0 saturated heterocycles. The fourth-order valence-electron chi connectivity index (χ4n) is 0.702. The zero-order valence-corrected chi connectivity index (χ0v) is 7.92. The maximum Gasteiger partial charge on any atom is 0.103 e. The summed E-state index contributed by atoms with van der Waals surface area (Å²) in [6, 6.07) is 0. The Morgan fingerprint density at radius 2 is 2.33 bits per heavy atom. The van der Waals surface area contributed by atoms with Gasteiger partial charge in [0, 0.05) is 32.5 Å². The summed E-state index contributed by atoms with van der Waals surface area (Å²) in [5.74, 6) is 0.606. The summed E-state index contributed by atoms with van der Waals surface area (Å²) in [6.45, 7) is 3.21. The van der Waals surface area contributed by atoms with Gasteiger partial charge in [0.2, 0.25) is 0 Å². The molecule has 12 heavy (non-hydrogen) atoms. The highest BCUT2D eigenvalue weighted by atomic mass is 16.5. The van der Waals surface area contributed by atoms with Gasteiger partial charge in [-0.15, -0.1) is 0 Å². The smallest absolute Gasteiger partial charge is 0.103 e. The highest BCUT2D eigenvalue weighted by Crippen LogP contribution is 1.93. The van der Waals surface area contributed by atoms with Crippen LogP contribution in [0.25, 0.3) is 0 Å². The summed E-state index contributed by atoms with van der Waals surface area (Å²) in [6.07, 6.45) is 1.73. The maximum atomic E-state index is 5.64. The number of nitrogens with one attached hydrogen (secondary N) is 1. The van der Waals surface area contributed by atoms with E-state index >= 15 is 0 Å². The van der Waals surface area contributed by atoms with Crippen molar-refractivity contribution >= 4 is 6.21 Å². The SMILES string of the molecule is CC/N=C\C(COC)=C(\N)NC. The summed E-state index contributed by atoms with van der Waals surface area (Å²) >= 11 is 0. The molecule has 0 aliphatic carbocycles. The molecule has 3 N–H and O–H groups in total. The fourth-order valence-corrected chi connectivity index (χ4v) is 0.702. The van der Waals surface area contributed by atoms with Crippen LogP contribution in [0.1, 0.15) is 6.92 Å². The molecule has 0 aromatic carbocycles. The molecular weight excluding hydrogens is 154 g/mol. The van der Waals surface area contributed by atoms with Crippen LogP contribution in [0.5, 0.6) is 0 Å². The molecule has 0 aliphatic heterocycles. The molecule has 0 heterocycles. The van der Waals surface area contributed by atoms with E-state index in [1.807, 2.05) is 6.92 Å². The molecular formula is C8H17N3O. The minimum Gasteiger partial charge on any atom is -0.385 e. The van der Waals surface area contributed by atoms with Crippen LogP contribution in [0, 0.1) is 0 Å². The Hall–Kier alpha value is -1.03. The first-order chi connectivity index (χ1) is 5.76. The van der Waals surface area contributed by atoms with Gasteiger partial charge < -0.3 is 15.8 Å². The predicted octanol–water partition coefficient (Wildman–Crippen LogP) is 0.113. The van der Waals surface area contributed by atoms with E-state index in [2.05, 4.69) is 10.3 Å². The molecule has 70 valence electrons. The predicted molar refractivity (Wildman–Crippen MR) is 51.2 cm³/mol. The van der Waals surface area contributed by atoms with E-state index < -0.39 is 0 Å². The molecule has 0 rings (SSSR count). The fraction of sp³-hybridized carbons (Fsp3) is 0.625. The van der Waals surface area contributed by atoms with Crippen LogP contribution in [0.3, 0.4) is 0 Å². The quantitative estimate of drug-likeness (QED) is 0.577. The number of nitrogens with zero attached hydrogens (tertiary/aromatic N) is 1. The lowest BCUT2D eigenvalue weighted by Gasteiger charge is -2.05. The number of methoxy groups -OCH3 is 1. The Kier molecular flexibility index (Phi) is 6.09. The van der Waals surface area contributed by atoms with Crippen molar-refractivity contribution in [2.24, 2.45) is 10.7 Å². The lowest BCUT2D eigenvalue weighted by Crippen LogP contribution is -2.20. The van der Waals surface area contributed by atoms with Gasteiger partial charge in [-0.1, -0.05) is 0 Å². The highest BCUT2D eigenvalue weighted by molar-refractivity contribution is 5.79. The zero-order chi connectivity index (χ0) is 9.40. The number of hydrogen-bond donors (Lipinski definition) is 2. The van der Waals surface area contributed by atoms with Crippen LogP contribution >= 0.6 is 0 Å². The van der Waals surface area contributed by atoms with E-state index in [9.17, 15) is 0 Å². The van der Waals surface area contributed by atoms with Crippen molar-refractivity contribution in [3.8, 4) is 0 Å². The van der Waals surface area contributed by atoms with Crippen molar-refractivity contribution in [2.75, 3.05) is 27.3 Å². The van der Waals surface area contributed by atoms with E-state index in [0.29, 0.717) is 12.4 Å². The first kappa shape index (κ1) is 11.0. The van der Waals surface area contributed by atoms with Crippen molar-refractivity contribution in [2.45, 2.75) is 6.92 Å². The summed E-state index contributed by atoms with van der Waals surface area (Å²) in [5.41, 5.74) is 6.52. The molecule has 0 bridgehead atoms. The van der Waals surface area contributed by atoms with E-state index in [-0.39, 0.29) is 0 Å². The third-order valence-electron chi connectivity index (χ3n) is 1.34. The van der Waals surface area contributed by atoms with E-state index in [4.69, 9.17) is 10.5 Å². The Morgan fingerprint density at radius 1 is 1.67 bits per heavy atom. The molecule has 0 fully saturated rings. The minimum absolute atomic E-state index is 0.482. The third kappa shape index (κ3) is 3.98. The molecule has 4 heteroatoms. The van der Waals surface area contributed by atoms with Crippen molar-refractivity contribution in [3.05, 3.63) is 11.4 Å². The average Bonchev–Trinajstić information content (AvgIpc) is 2.11. The van der Waals surface area contributed by atoms with Crippen LogP contribution in [-0.4, -0.2) is 33.5 Å².